The van der Waals surface area contributed by atoms with Crippen LogP contribution in [0, 0.1) is 30.6 Å². The van der Waals surface area contributed by atoms with Crippen LogP contribution < -0.4 is 10.1 Å². The number of carbonyl (C=O) groups excluding carboxylic acids is 3. The van der Waals surface area contributed by atoms with Gasteiger partial charge in [-0.3, -0.25) is 19.4 Å². The summed E-state index contributed by atoms with van der Waals surface area (Å²) in [6, 6.07) is 0. The van der Waals surface area contributed by atoms with Crippen LogP contribution >= 0.6 is 0 Å². The molecule has 2 aromatic rings. The minimum Gasteiger partial charge on any atom is -0.507 e. The number of phenolic OH excluding ortho intramolecular Hbond substituents is 3. The average Bonchev–Trinajstić information content (AvgIpc) is 3.46. The molecule has 0 radical (unpaired) electrons. The number of anilines is 1. The first kappa shape index (κ1) is 44.9. The number of likely N-dealkylation sites (N-methyl/N-ethyl adjacent to an activating group) is 1. The fraction of sp³-hybridized carbons (Fsp3) is 0.535. The number of carbonyl (C=O) groups is 3. The Morgan fingerprint density at radius 2 is 1.61 bits per heavy atom. The van der Waals surface area contributed by atoms with Crippen molar-refractivity contribution in [1.29, 1.82) is 0 Å². The maximum atomic E-state index is 14.4. The van der Waals surface area contributed by atoms with Crippen molar-refractivity contribution in [1.82, 2.24) is 9.91 Å². The molecule has 9 atom stereocenters. The molecule has 0 saturated carbocycles. The van der Waals surface area contributed by atoms with Crippen molar-refractivity contribution in [2.75, 3.05) is 45.7 Å². The Bertz CT molecular complexity index is 2070. The normalized spacial score (nSPS) is 32.1. The Morgan fingerprint density at radius 3 is 2.24 bits per heavy atom. The first-order chi connectivity index (χ1) is 27.7. The molecule has 6 rings (SSSR count). The minimum absolute atomic E-state index is 0.0559. The number of aromatic hydroxyl groups is 3. The largest absolute Gasteiger partial charge is 0.507 e. The Labute approximate surface area is 344 Å². The van der Waals surface area contributed by atoms with Crippen LogP contribution in [-0.2, 0) is 23.8 Å². The van der Waals surface area contributed by atoms with Crippen LogP contribution in [0.4, 0.5) is 5.69 Å². The van der Waals surface area contributed by atoms with Crippen LogP contribution in [0.15, 0.2) is 41.2 Å². The highest BCUT2D eigenvalue weighted by atomic mass is 16.7. The van der Waals surface area contributed by atoms with Crippen LogP contribution in [-0.4, -0.2) is 130 Å². The predicted octanol–water partition coefficient (Wildman–Crippen LogP) is 4.34. The molecule has 6 N–H and O–H groups in total. The lowest BCUT2D eigenvalue weighted by Gasteiger charge is -2.38. The molecule has 0 spiro atoms. The minimum atomic E-state index is -2.04. The number of hydrazone groups is 1. The lowest BCUT2D eigenvalue weighted by atomic mass is 9.78. The second-order valence-corrected chi connectivity index (χ2v) is 16.1. The third-order valence-electron chi connectivity index (χ3n) is 11.9. The van der Waals surface area contributed by atoms with Crippen LogP contribution in [0.25, 0.3) is 10.8 Å². The van der Waals surface area contributed by atoms with Gasteiger partial charge >= 0.3 is 11.8 Å². The van der Waals surface area contributed by atoms with E-state index < -0.39 is 88.8 Å². The lowest BCUT2D eigenvalue weighted by Crippen LogP contribution is -2.46. The highest BCUT2D eigenvalue weighted by Crippen LogP contribution is 2.55. The van der Waals surface area contributed by atoms with E-state index in [1.165, 1.54) is 59.4 Å². The van der Waals surface area contributed by atoms with E-state index >= 15 is 0 Å². The van der Waals surface area contributed by atoms with E-state index in [-0.39, 0.29) is 44.5 Å². The maximum Gasteiger partial charge on any atom is 0.312 e. The number of nitrogens with one attached hydrogen (secondary N) is 1. The number of allylic oxidation sites excluding steroid dienone is 2. The molecule has 1 amide bonds. The smallest absolute Gasteiger partial charge is 0.312 e. The monoisotopic (exact) mass is 822 g/mol. The number of phenols is 3. The summed E-state index contributed by atoms with van der Waals surface area (Å²) in [4.78, 5) is 42.6. The number of aliphatic hydroxyl groups excluding tert-OH is 2. The molecule has 4 aliphatic rings. The maximum absolute atomic E-state index is 14.4. The van der Waals surface area contributed by atoms with E-state index in [1.807, 2.05) is 7.05 Å². The van der Waals surface area contributed by atoms with Gasteiger partial charge in [-0.1, -0.05) is 45.9 Å². The topological polar surface area (TPSA) is 220 Å². The number of rotatable bonds is 4. The van der Waals surface area contributed by atoms with Gasteiger partial charge in [-0.2, -0.15) is 5.10 Å². The zero-order valence-corrected chi connectivity index (χ0v) is 35.3. The first-order valence-electron chi connectivity index (χ1n) is 19.8. The molecule has 322 valence electrons. The van der Waals surface area contributed by atoms with Crippen molar-refractivity contribution in [3.05, 3.63) is 52.8 Å². The van der Waals surface area contributed by atoms with Crippen molar-refractivity contribution in [2.45, 2.75) is 85.6 Å². The molecule has 0 unspecified atom stereocenters. The second kappa shape index (κ2) is 18.0. The molecule has 1 saturated heterocycles. The number of amides is 1. The number of hydrogen-bond donors (Lipinski definition) is 6. The van der Waals surface area contributed by atoms with E-state index in [2.05, 4.69) is 15.3 Å². The molecule has 0 aliphatic carbocycles. The molecule has 1 fully saturated rings. The van der Waals surface area contributed by atoms with Crippen molar-refractivity contribution in [2.24, 2.45) is 28.8 Å². The number of nitrogens with zero attached hydrogens (tertiary/aromatic N) is 3. The number of benzene rings is 2. The zero-order chi connectivity index (χ0) is 43.7. The molecule has 16 heteroatoms. The predicted molar refractivity (Wildman–Crippen MR) is 220 cm³/mol. The van der Waals surface area contributed by atoms with E-state index in [9.17, 15) is 39.9 Å². The molecule has 59 heavy (non-hydrogen) atoms. The van der Waals surface area contributed by atoms with Gasteiger partial charge in [0, 0.05) is 87.3 Å². The average molecular weight is 823 g/mol. The van der Waals surface area contributed by atoms with Gasteiger partial charge in [0.15, 0.2) is 5.75 Å². The highest BCUT2D eigenvalue weighted by Gasteiger charge is 2.50. The van der Waals surface area contributed by atoms with E-state index in [0.717, 1.165) is 13.1 Å². The fourth-order valence-electron chi connectivity index (χ4n) is 7.92. The highest BCUT2D eigenvalue weighted by molar-refractivity contribution is 6.23. The van der Waals surface area contributed by atoms with Crippen molar-refractivity contribution in [3.8, 4) is 23.0 Å². The van der Waals surface area contributed by atoms with Gasteiger partial charge in [0.2, 0.25) is 0 Å². The van der Waals surface area contributed by atoms with E-state index in [4.69, 9.17) is 18.9 Å². The van der Waals surface area contributed by atoms with Gasteiger partial charge in [-0.25, -0.2) is 0 Å². The Morgan fingerprint density at radius 1 is 0.949 bits per heavy atom. The van der Waals surface area contributed by atoms with Gasteiger partial charge in [0.25, 0.3) is 11.7 Å². The number of methoxy groups -OCH3 is 1. The van der Waals surface area contributed by atoms with Gasteiger partial charge in [-0.05, 0) is 27.0 Å². The number of hydrogen-bond acceptors (Lipinski definition) is 15. The zero-order valence-electron chi connectivity index (χ0n) is 35.3. The van der Waals surface area contributed by atoms with Gasteiger partial charge < -0.3 is 54.7 Å². The van der Waals surface area contributed by atoms with Crippen LogP contribution in [0.1, 0.15) is 70.0 Å². The number of aliphatic hydroxyl groups is 2. The van der Waals surface area contributed by atoms with Crippen LogP contribution in [0.3, 0.4) is 0 Å². The Kier molecular flexibility index (Phi) is 13.7. The van der Waals surface area contributed by atoms with Crippen molar-refractivity contribution < 1.29 is 58.9 Å². The first-order valence-corrected chi connectivity index (χ1v) is 19.8. The molecule has 4 aliphatic heterocycles. The van der Waals surface area contributed by atoms with E-state index in [0.29, 0.717) is 13.1 Å². The molecule has 4 heterocycles. The summed E-state index contributed by atoms with van der Waals surface area (Å²) >= 11 is 0. The van der Waals surface area contributed by atoms with Crippen molar-refractivity contribution in [3.63, 3.8) is 0 Å². The number of ketones is 1. The number of esters is 1. The third-order valence-corrected chi connectivity index (χ3v) is 11.9. The third kappa shape index (κ3) is 8.91. The van der Waals surface area contributed by atoms with Crippen LogP contribution in [0.2, 0.25) is 0 Å². The summed E-state index contributed by atoms with van der Waals surface area (Å²) in [6.45, 7) is 15.1. The van der Waals surface area contributed by atoms with Gasteiger partial charge in [0.1, 0.15) is 23.4 Å². The van der Waals surface area contributed by atoms with Gasteiger partial charge in [0.05, 0.1) is 53.0 Å². The van der Waals surface area contributed by atoms with Crippen LogP contribution in [0.5, 0.6) is 23.0 Å². The molecule has 0 aromatic heterocycles. The molecule has 16 nitrogen and oxygen atoms in total. The number of fused-ring (bicyclic) bond motifs is 14. The number of piperazine rings is 1. The number of ether oxygens (including phenoxy) is 4. The molecular formula is C43H58N4O12. The summed E-state index contributed by atoms with van der Waals surface area (Å²) in [7, 11) is 3.42. The summed E-state index contributed by atoms with van der Waals surface area (Å²) in [5, 5.41) is 66.8. The number of Topliss-reactive ketones (excluding diaryl/α,β-unsaturated/α-hetero) is 1. The van der Waals surface area contributed by atoms with E-state index in [1.54, 1.807) is 44.9 Å². The Balaban J connectivity index is 1.70. The Hall–Kier alpha value is -5.16. The van der Waals surface area contributed by atoms with Crippen molar-refractivity contribution >= 4 is 40.3 Å². The molecule has 5 bridgehead atoms. The quantitative estimate of drug-likeness (QED) is 0.109. The molecular weight excluding hydrogens is 764 g/mol. The summed E-state index contributed by atoms with van der Waals surface area (Å²) in [5.41, 5.74) is -0.350. The lowest BCUT2D eigenvalue weighted by molar-refractivity contribution is -0.160. The summed E-state index contributed by atoms with van der Waals surface area (Å²) in [5.74, 6) is -8.34. The fourth-order valence-corrected chi connectivity index (χ4v) is 7.92. The second-order valence-electron chi connectivity index (χ2n) is 16.1. The van der Waals surface area contributed by atoms with Gasteiger partial charge in [-0.15, -0.1) is 0 Å². The summed E-state index contributed by atoms with van der Waals surface area (Å²) < 4.78 is 23.6. The SMILES string of the molecule is CO[C@H]1/C=C/O[C@@]2(C)Oc3c(C)c(O)c4c(O)c(c(/C=N\N5CCN(C)CC5)c(O)c4c3C2=O)NC(=O)/C(C)=C\C=C\[C@H](C)[C@H](O)[C@@H](C)[C@@H](O)[C@@H](C)[C@H](OC(C)=O)[C@@H]1C. The standard InChI is InChI=1S/C43H58N4O12/c1-21-12-11-13-22(2)42(55)45-33-28(20-44-47-17-15-46(9)16-18-47)37(52)30-31(38(33)53)36(51)26(6)40-32(30)41(54)43(8,59-40)57-19-14-29(56-10)23(3)39(58-27(7)48)25(5)35(50)24(4)34(21)49/h11-14,19-21,23-25,29,34-35,39,49-53H,15-18H2,1-10H3,(H,45,55)/b12-11+,19-14+,22-13-,44-20-/t21-,23+,24+,25+,29-,34-,35+,39+,43-/m0/s1. The summed E-state index contributed by atoms with van der Waals surface area (Å²) in [6.07, 6.45) is 4.86. The molecule has 2 aromatic carbocycles.